The number of nitrogens with zero attached hydrogens (tertiary/aromatic N) is 2. The quantitative estimate of drug-likeness (QED) is 0.659. The average molecular weight is 432 g/mol. The third-order valence-electron chi connectivity index (χ3n) is 5.67. The van der Waals surface area contributed by atoms with Gasteiger partial charge in [0, 0.05) is 18.0 Å². The normalized spacial score (nSPS) is 18.6. The molecule has 2 fully saturated rings. The van der Waals surface area contributed by atoms with Crippen LogP contribution in [0, 0.1) is 12.8 Å². The Hall–Kier alpha value is -2.35. The zero-order valence-corrected chi connectivity index (χ0v) is 18.5. The number of hydrogen-bond acceptors (Lipinski definition) is 5. The highest BCUT2D eigenvalue weighted by Crippen LogP contribution is 2.45. The van der Waals surface area contributed by atoms with Crippen molar-refractivity contribution in [2.45, 2.75) is 51.1 Å². The van der Waals surface area contributed by atoms with Crippen LogP contribution >= 0.6 is 0 Å². The number of nitrogens with one attached hydrogen (secondary N) is 1. The molecule has 30 heavy (non-hydrogen) atoms. The first kappa shape index (κ1) is 20.9. The molecule has 0 radical (unpaired) electrons. The van der Waals surface area contributed by atoms with E-state index in [0.29, 0.717) is 24.0 Å². The van der Waals surface area contributed by atoms with Crippen molar-refractivity contribution in [3.8, 4) is 5.75 Å². The van der Waals surface area contributed by atoms with E-state index in [9.17, 15) is 13.2 Å². The summed E-state index contributed by atoms with van der Waals surface area (Å²) in [6, 6.07) is 5.57. The highest BCUT2D eigenvalue weighted by Gasteiger charge is 2.34. The molecular weight excluding hydrogens is 402 g/mol. The molecule has 1 amide bonds. The van der Waals surface area contributed by atoms with Crippen LogP contribution in [0.5, 0.6) is 5.75 Å². The van der Waals surface area contributed by atoms with Crippen molar-refractivity contribution >= 4 is 15.7 Å². The van der Waals surface area contributed by atoms with Gasteiger partial charge in [-0.2, -0.15) is 0 Å². The monoisotopic (exact) mass is 431 g/mol. The summed E-state index contributed by atoms with van der Waals surface area (Å²) < 4.78 is 31.9. The Morgan fingerprint density at radius 1 is 1.30 bits per heavy atom. The molecule has 4 rings (SSSR count). The summed E-state index contributed by atoms with van der Waals surface area (Å²) in [5, 5.41) is 2.91. The molecule has 2 saturated carbocycles. The van der Waals surface area contributed by atoms with Crippen molar-refractivity contribution in [1.29, 1.82) is 0 Å². The summed E-state index contributed by atoms with van der Waals surface area (Å²) >= 11 is 0. The van der Waals surface area contributed by atoms with Crippen LogP contribution in [0.15, 0.2) is 30.7 Å². The van der Waals surface area contributed by atoms with Crippen LogP contribution in [0.1, 0.15) is 60.1 Å². The van der Waals surface area contributed by atoms with Crippen LogP contribution in [0.2, 0.25) is 0 Å². The van der Waals surface area contributed by atoms with E-state index in [1.807, 2.05) is 13.0 Å². The summed E-state index contributed by atoms with van der Waals surface area (Å²) in [5.74, 6) is 1.33. The number of aromatic nitrogens is 2. The van der Waals surface area contributed by atoms with E-state index in [1.54, 1.807) is 36.1 Å². The van der Waals surface area contributed by atoms with Gasteiger partial charge in [-0.1, -0.05) is 6.07 Å². The summed E-state index contributed by atoms with van der Waals surface area (Å²) in [7, 11) is -3.37. The van der Waals surface area contributed by atoms with Crippen molar-refractivity contribution in [2.75, 3.05) is 18.6 Å². The van der Waals surface area contributed by atoms with Crippen LogP contribution in [0.4, 0.5) is 0 Å². The molecule has 8 heteroatoms. The van der Waals surface area contributed by atoms with Gasteiger partial charge in [-0.05, 0) is 69.1 Å². The minimum Gasteiger partial charge on any atom is -0.493 e. The van der Waals surface area contributed by atoms with E-state index in [4.69, 9.17) is 4.74 Å². The third kappa shape index (κ3) is 5.03. The molecule has 2 aliphatic rings. The van der Waals surface area contributed by atoms with Gasteiger partial charge < -0.3 is 14.6 Å². The van der Waals surface area contributed by atoms with Crippen LogP contribution in [-0.2, 0) is 15.5 Å². The Morgan fingerprint density at radius 2 is 2.03 bits per heavy atom. The van der Waals surface area contributed by atoms with Gasteiger partial charge in [0.1, 0.15) is 11.4 Å². The van der Waals surface area contributed by atoms with E-state index >= 15 is 0 Å². The third-order valence-corrected chi connectivity index (χ3v) is 6.76. The van der Waals surface area contributed by atoms with E-state index < -0.39 is 15.5 Å². The number of carbonyl (C=O) groups is 1. The predicted octanol–water partition coefficient (Wildman–Crippen LogP) is 3.01. The number of amides is 1. The number of sulfone groups is 1. The van der Waals surface area contributed by atoms with E-state index in [2.05, 4.69) is 10.3 Å². The van der Waals surface area contributed by atoms with Crippen molar-refractivity contribution < 1.29 is 17.9 Å². The fourth-order valence-corrected chi connectivity index (χ4v) is 4.96. The first-order chi connectivity index (χ1) is 14.1. The first-order valence-electron chi connectivity index (χ1n) is 10.4. The maximum atomic E-state index is 13.1. The minimum atomic E-state index is -3.37. The summed E-state index contributed by atoms with van der Waals surface area (Å²) in [4.78, 5) is 17.3. The molecular formula is C22H29N3O4S. The number of benzene rings is 1. The molecule has 0 saturated heterocycles. The van der Waals surface area contributed by atoms with Gasteiger partial charge in [0.2, 0.25) is 0 Å². The van der Waals surface area contributed by atoms with E-state index in [0.717, 1.165) is 36.1 Å². The van der Waals surface area contributed by atoms with Gasteiger partial charge in [-0.15, -0.1) is 0 Å². The smallest absolute Gasteiger partial charge is 0.253 e. The largest absolute Gasteiger partial charge is 0.493 e. The summed E-state index contributed by atoms with van der Waals surface area (Å²) in [5.41, 5.74) is 1.21. The molecule has 1 aromatic heterocycles. The number of ether oxygens (including phenoxy) is 1. The number of imidazole rings is 1. The lowest BCUT2D eigenvalue weighted by Gasteiger charge is -2.31. The van der Waals surface area contributed by atoms with Crippen LogP contribution < -0.4 is 10.1 Å². The van der Waals surface area contributed by atoms with Crippen LogP contribution in [-0.4, -0.2) is 42.5 Å². The molecule has 0 unspecified atom stereocenters. The number of carbonyl (C=O) groups excluding carboxylic acids is 1. The molecule has 1 aromatic carbocycles. The lowest BCUT2D eigenvalue weighted by atomic mass is 10.1. The van der Waals surface area contributed by atoms with Gasteiger partial charge in [-0.3, -0.25) is 4.79 Å². The van der Waals surface area contributed by atoms with Crippen molar-refractivity contribution in [1.82, 2.24) is 14.9 Å². The van der Waals surface area contributed by atoms with Gasteiger partial charge in [-0.25, -0.2) is 13.4 Å². The number of hydrogen-bond donors (Lipinski definition) is 1. The van der Waals surface area contributed by atoms with Crippen molar-refractivity contribution in [3.63, 3.8) is 0 Å². The van der Waals surface area contributed by atoms with Gasteiger partial charge in [0.25, 0.3) is 5.91 Å². The second kappa shape index (κ2) is 7.72. The number of rotatable bonds is 9. The van der Waals surface area contributed by atoms with Crippen LogP contribution in [0.3, 0.4) is 0 Å². The molecule has 0 spiro atoms. The van der Waals surface area contributed by atoms with E-state index in [1.165, 1.54) is 12.8 Å². The molecule has 1 N–H and O–H groups in total. The maximum absolute atomic E-state index is 13.1. The summed E-state index contributed by atoms with van der Waals surface area (Å²) in [6.07, 6.45) is 9.14. The predicted molar refractivity (Wildman–Crippen MR) is 114 cm³/mol. The Balaban J connectivity index is 1.59. The highest BCUT2D eigenvalue weighted by molar-refractivity contribution is 7.90. The van der Waals surface area contributed by atoms with Crippen LogP contribution in [0.25, 0.3) is 0 Å². The standard InChI is InChI=1S/C22H29N3O4S/c1-15-11-25(14-23-15)22(2,13-30(3,27)28)24-21(26)18-8-9-19(17-6-7-17)20(10-18)29-12-16-4-5-16/h8-11,14,16-17H,4-7,12-13H2,1-3H3,(H,24,26)/t22-/m0/s1. The molecule has 162 valence electrons. The fourth-order valence-electron chi connectivity index (χ4n) is 3.72. The molecule has 1 heterocycles. The SMILES string of the molecule is Cc1cn([C@@](C)(CS(C)(=O)=O)NC(=O)c2ccc(C3CC3)c(OCC3CC3)c2)cn1. The number of aryl methyl sites for hydroxylation is 1. The summed E-state index contributed by atoms with van der Waals surface area (Å²) in [6.45, 7) is 4.19. The Bertz CT molecular complexity index is 1050. The average Bonchev–Trinajstić information content (AvgIpc) is 3.57. The molecule has 2 aromatic rings. The molecule has 0 aliphatic heterocycles. The first-order valence-corrected chi connectivity index (χ1v) is 12.5. The molecule has 0 bridgehead atoms. The molecule has 1 atom stereocenters. The topological polar surface area (TPSA) is 90.3 Å². The lowest BCUT2D eigenvalue weighted by molar-refractivity contribution is 0.0876. The highest BCUT2D eigenvalue weighted by atomic mass is 32.2. The second-order valence-electron chi connectivity index (χ2n) is 9.00. The minimum absolute atomic E-state index is 0.243. The molecule has 7 nitrogen and oxygen atoms in total. The van der Waals surface area contributed by atoms with Gasteiger partial charge >= 0.3 is 0 Å². The Kier molecular flexibility index (Phi) is 5.38. The van der Waals surface area contributed by atoms with Crippen molar-refractivity contribution in [3.05, 3.63) is 47.5 Å². The zero-order valence-electron chi connectivity index (χ0n) is 17.7. The second-order valence-corrected chi connectivity index (χ2v) is 11.1. The van der Waals surface area contributed by atoms with Crippen molar-refractivity contribution in [2.24, 2.45) is 5.92 Å². The van der Waals surface area contributed by atoms with Gasteiger partial charge in [0.15, 0.2) is 9.84 Å². The zero-order chi connectivity index (χ0) is 21.5. The van der Waals surface area contributed by atoms with E-state index in [-0.39, 0.29) is 11.7 Å². The Labute approximate surface area is 177 Å². The van der Waals surface area contributed by atoms with Gasteiger partial charge in [0.05, 0.1) is 24.4 Å². The maximum Gasteiger partial charge on any atom is 0.253 e. The Morgan fingerprint density at radius 3 is 2.60 bits per heavy atom. The lowest BCUT2D eigenvalue weighted by Crippen LogP contribution is -2.52. The fraction of sp³-hybridized carbons (Fsp3) is 0.545. The molecule has 2 aliphatic carbocycles.